The lowest BCUT2D eigenvalue weighted by molar-refractivity contribution is 0.0678. The van der Waals surface area contributed by atoms with Crippen LogP contribution in [-0.2, 0) is 22.8 Å². The summed E-state index contributed by atoms with van der Waals surface area (Å²) >= 11 is 0. The number of allylic oxidation sites excluding steroid dienone is 1. The third kappa shape index (κ3) is 6.65. The van der Waals surface area contributed by atoms with Crippen molar-refractivity contribution in [1.82, 2.24) is 14.5 Å². The number of carbonyl (C=O) groups is 1. The third-order valence-corrected chi connectivity index (χ3v) is 8.94. The van der Waals surface area contributed by atoms with Gasteiger partial charge in [0.25, 0.3) is 0 Å². The fourth-order valence-corrected chi connectivity index (χ4v) is 6.25. The minimum atomic E-state index is -1.21. The van der Waals surface area contributed by atoms with Crippen molar-refractivity contribution in [2.45, 2.75) is 90.6 Å². The molecule has 0 radical (unpaired) electrons. The number of pyridine rings is 1. The van der Waals surface area contributed by atoms with Crippen LogP contribution in [0.3, 0.4) is 0 Å². The number of aromatic nitrogens is 2. The number of furan rings is 1. The van der Waals surface area contributed by atoms with E-state index in [0.717, 1.165) is 57.9 Å². The Morgan fingerprint density at radius 2 is 2.08 bits per heavy atom. The molecule has 1 atom stereocenters. The van der Waals surface area contributed by atoms with Gasteiger partial charge in [0.15, 0.2) is 0 Å². The first kappa shape index (κ1) is 29.1. The number of rotatable bonds is 10. The number of nitrogens with zero attached hydrogens (tertiary/aromatic N) is 3. The molecule has 1 aliphatic carbocycles. The smallest absolute Gasteiger partial charge is 0.407 e. The summed E-state index contributed by atoms with van der Waals surface area (Å²) in [5, 5.41) is 11.1. The van der Waals surface area contributed by atoms with Crippen LogP contribution in [-0.4, -0.2) is 59.0 Å². The summed E-state index contributed by atoms with van der Waals surface area (Å²) in [5.41, 5.74) is 4.40. The second kappa shape index (κ2) is 11.7. The third-order valence-electron chi connectivity index (χ3n) is 7.24. The van der Waals surface area contributed by atoms with Crippen LogP contribution in [0.15, 0.2) is 41.3 Å². The van der Waals surface area contributed by atoms with Crippen molar-refractivity contribution in [1.29, 1.82) is 0 Å². The fraction of sp³-hybridized carbons (Fsp3) is 0.533. The van der Waals surface area contributed by atoms with Crippen LogP contribution in [0.25, 0.3) is 27.9 Å². The molecule has 0 aromatic carbocycles. The number of hydrogen-bond acceptors (Lipinski definition) is 5. The van der Waals surface area contributed by atoms with Gasteiger partial charge in [-0.1, -0.05) is 25.7 Å². The van der Waals surface area contributed by atoms with Crippen LogP contribution < -0.4 is 0 Å². The van der Waals surface area contributed by atoms with Gasteiger partial charge in [-0.3, -0.25) is 0 Å². The van der Waals surface area contributed by atoms with Crippen molar-refractivity contribution < 1.29 is 23.8 Å². The lowest BCUT2D eigenvalue weighted by atomic mass is 9.84. The van der Waals surface area contributed by atoms with E-state index in [-0.39, 0.29) is 6.04 Å². The van der Waals surface area contributed by atoms with E-state index in [1.54, 1.807) is 18.3 Å². The maximum absolute atomic E-state index is 12.3. The zero-order chi connectivity index (χ0) is 28.4. The molecule has 4 rings (SSSR count). The molecule has 3 aromatic heterocycles. The number of carboxylic acid groups (broad SMARTS) is 1. The zero-order valence-corrected chi connectivity index (χ0v) is 25.4. The normalized spacial score (nSPS) is 16.5. The van der Waals surface area contributed by atoms with Crippen LogP contribution in [0, 0.1) is 0 Å². The summed E-state index contributed by atoms with van der Waals surface area (Å²) < 4.78 is 19.7. The van der Waals surface area contributed by atoms with Crippen molar-refractivity contribution in [3.05, 3.63) is 48.0 Å². The van der Waals surface area contributed by atoms with Crippen molar-refractivity contribution in [2.24, 2.45) is 0 Å². The first-order valence-corrected chi connectivity index (χ1v) is 17.4. The van der Waals surface area contributed by atoms with Crippen LogP contribution in [0.4, 0.5) is 4.79 Å². The number of hydrogen-bond donors (Lipinski definition) is 1. The quantitative estimate of drug-likeness (QED) is 0.207. The van der Waals surface area contributed by atoms with Crippen molar-refractivity contribution in [2.75, 3.05) is 13.7 Å². The van der Waals surface area contributed by atoms with E-state index in [1.165, 1.54) is 0 Å². The number of methoxy groups -OCH3 is 1. The molecule has 0 fully saturated rings. The molecule has 1 aliphatic rings. The molecule has 0 saturated heterocycles. The Morgan fingerprint density at radius 1 is 1.31 bits per heavy atom. The molecule has 3 aromatic rings. The SMILES string of the molecule is COCc1cnc2c(c(-c3ccco3)cn2COCC[Si](C)(C)C)c1C1=CCCC(N(C(=O)O)C(C)(C)C)C1. The maximum atomic E-state index is 12.3. The summed E-state index contributed by atoms with van der Waals surface area (Å²) in [6.45, 7) is 14.4. The summed E-state index contributed by atoms with van der Waals surface area (Å²) in [6.07, 6.45) is 9.20. The van der Waals surface area contributed by atoms with Crippen molar-refractivity contribution in [3.8, 4) is 11.3 Å². The summed E-state index contributed by atoms with van der Waals surface area (Å²) in [7, 11) is 0.478. The Balaban J connectivity index is 1.82. The van der Waals surface area contributed by atoms with Gasteiger partial charge in [0.05, 0.1) is 12.9 Å². The van der Waals surface area contributed by atoms with E-state index in [2.05, 4.69) is 36.5 Å². The van der Waals surface area contributed by atoms with E-state index in [4.69, 9.17) is 18.9 Å². The Bertz CT molecular complexity index is 1320. The molecule has 212 valence electrons. The van der Waals surface area contributed by atoms with Gasteiger partial charge >= 0.3 is 6.09 Å². The average molecular weight is 554 g/mol. The van der Waals surface area contributed by atoms with Gasteiger partial charge in [-0.2, -0.15) is 0 Å². The molecule has 1 unspecified atom stereocenters. The topological polar surface area (TPSA) is 90.0 Å². The van der Waals surface area contributed by atoms with Crippen LogP contribution >= 0.6 is 0 Å². The highest BCUT2D eigenvalue weighted by Gasteiger charge is 2.35. The lowest BCUT2D eigenvalue weighted by Gasteiger charge is -2.41. The average Bonchev–Trinajstić information content (AvgIpc) is 3.49. The first-order chi connectivity index (χ1) is 18.4. The first-order valence-electron chi connectivity index (χ1n) is 13.7. The second-order valence-corrected chi connectivity index (χ2v) is 18.2. The van der Waals surface area contributed by atoms with Crippen LogP contribution in [0.2, 0.25) is 25.7 Å². The molecule has 0 bridgehead atoms. The summed E-state index contributed by atoms with van der Waals surface area (Å²) in [6, 6.07) is 4.82. The minimum Gasteiger partial charge on any atom is -0.465 e. The molecule has 39 heavy (non-hydrogen) atoms. The Hall–Kier alpha value is -2.88. The highest BCUT2D eigenvalue weighted by atomic mass is 28.3. The van der Waals surface area contributed by atoms with Gasteiger partial charge in [0, 0.05) is 62.3 Å². The predicted molar refractivity (Wildman–Crippen MR) is 157 cm³/mol. The lowest BCUT2D eigenvalue weighted by Crippen LogP contribution is -2.51. The highest BCUT2D eigenvalue weighted by molar-refractivity contribution is 6.76. The molecule has 0 saturated carbocycles. The van der Waals surface area contributed by atoms with Gasteiger partial charge in [0.2, 0.25) is 0 Å². The van der Waals surface area contributed by atoms with E-state index in [0.29, 0.717) is 26.4 Å². The van der Waals surface area contributed by atoms with Gasteiger partial charge in [0.1, 0.15) is 18.1 Å². The van der Waals surface area contributed by atoms with Crippen LogP contribution in [0.1, 0.15) is 51.2 Å². The Morgan fingerprint density at radius 3 is 2.69 bits per heavy atom. The van der Waals surface area contributed by atoms with Gasteiger partial charge in [-0.15, -0.1) is 0 Å². The molecule has 0 aliphatic heterocycles. The van der Waals surface area contributed by atoms with Crippen LogP contribution in [0.5, 0.6) is 0 Å². The minimum absolute atomic E-state index is 0.125. The number of fused-ring (bicyclic) bond motifs is 1. The maximum Gasteiger partial charge on any atom is 0.407 e. The molecule has 8 nitrogen and oxygen atoms in total. The molecule has 1 N–H and O–H groups in total. The Kier molecular flexibility index (Phi) is 8.73. The van der Waals surface area contributed by atoms with Gasteiger partial charge < -0.3 is 28.5 Å². The fourth-order valence-electron chi connectivity index (χ4n) is 5.49. The monoisotopic (exact) mass is 553 g/mol. The largest absolute Gasteiger partial charge is 0.465 e. The molecular formula is C30H43N3O5Si. The second-order valence-electron chi connectivity index (χ2n) is 12.6. The molecular weight excluding hydrogens is 510 g/mol. The van der Waals surface area contributed by atoms with Gasteiger partial charge in [-0.25, -0.2) is 9.78 Å². The Labute approximate surface area is 232 Å². The molecule has 0 spiro atoms. The van der Waals surface area contributed by atoms with E-state index in [1.807, 2.05) is 39.1 Å². The summed E-state index contributed by atoms with van der Waals surface area (Å²) in [4.78, 5) is 18.8. The van der Waals surface area contributed by atoms with E-state index in [9.17, 15) is 9.90 Å². The summed E-state index contributed by atoms with van der Waals surface area (Å²) in [5.74, 6) is 0.758. The predicted octanol–water partition coefficient (Wildman–Crippen LogP) is 7.47. The van der Waals surface area contributed by atoms with E-state index < -0.39 is 19.7 Å². The molecule has 1 amide bonds. The molecule has 9 heteroatoms. The number of ether oxygens (including phenoxy) is 2. The standard InChI is InChI=1S/C30H43N3O5Si/c1-30(2,3)33(29(34)35)23-11-8-10-21(16-23)26-22(19-36-4)17-31-28-27(26)24(25-12-9-13-38-25)18-32(28)20-37-14-15-39(5,6)7/h9-10,12-13,17-18,23H,8,11,14-16,19-20H2,1-7H3,(H,34,35). The zero-order valence-electron chi connectivity index (χ0n) is 24.4. The molecule has 3 heterocycles. The highest BCUT2D eigenvalue weighted by Crippen LogP contribution is 2.41. The number of amides is 1. The van der Waals surface area contributed by atoms with Crippen molar-refractivity contribution >= 4 is 30.8 Å². The van der Waals surface area contributed by atoms with E-state index >= 15 is 0 Å². The van der Waals surface area contributed by atoms with Gasteiger partial charge in [-0.05, 0) is 69.3 Å². The van der Waals surface area contributed by atoms with Crippen molar-refractivity contribution in [3.63, 3.8) is 0 Å².